The molecule has 1 N–H and O–H groups in total. The van der Waals surface area contributed by atoms with Gasteiger partial charge in [0.2, 0.25) is 0 Å². The van der Waals surface area contributed by atoms with Gasteiger partial charge < -0.3 is 10.1 Å². The van der Waals surface area contributed by atoms with Crippen molar-refractivity contribution in [2.45, 2.75) is 31.7 Å². The van der Waals surface area contributed by atoms with Gasteiger partial charge in [-0.15, -0.1) is 0 Å². The van der Waals surface area contributed by atoms with Crippen molar-refractivity contribution < 1.29 is 17.9 Å². The number of benzene rings is 1. The van der Waals surface area contributed by atoms with E-state index in [1.807, 2.05) is 6.08 Å². The minimum absolute atomic E-state index is 0.107. The molecular formula is C14H16F3NO. The number of allylic oxidation sites excluding steroid dienone is 1. The molecule has 1 aromatic rings. The standard InChI is InChI=1S/C14H16F3NO/c15-14(16,17)12-5-3-4-11(8-12)9-18-10-13-6-1-2-7-19-13/h2-5,7-8,13,18H,1,6,9-10H2. The van der Waals surface area contributed by atoms with Crippen molar-refractivity contribution in [3.63, 3.8) is 0 Å². The molecule has 2 rings (SSSR count). The van der Waals surface area contributed by atoms with Crippen LogP contribution in [0.15, 0.2) is 36.6 Å². The lowest BCUT2D eigenvalue weighted by Gasteiger charge is -2.19. The summed E-state index contributed by atoms with van der Waals surface area (Å²) in [6, 6.07) is 5.37. The summed E-state index contributed by atoms with van der Waals surface area (Å²) in [6.07, 6.45) is 1.38. The third-order valence-corrected chi connectivity index (χ3v) is 2.98. The molecule has 0 aromatic heterocycles. The minimum atomic E-state index is -4.28. The number of hydrogen-bond acceptors (Lipinski definition) is 2. The molecule has 0 bridgehead atoms. The normalized spacial score (nSPS) is 19.2. The third-order valence-electron chi connectivity index (χ3n) is 2.98. The van der Waals surface area contributed by atoms with Crippen LogP contribution in [0.2, 0.25) is 0 Å². The number of halogens is 3. The van der Waals surface area contributed by atoms with Gasteiger partial charge in [-0.1, -0.05) is 18.2 Å². The summed E-state index contributed by atoms with van der Waals surface area (Å²) in [5.74, 6) is 0. The largest absolute Gasteiger partial charge is 0.497 e. The molecule has 2 nitrogen and oxygen atoms in total. The molecule has 1 aliphatic rings. The number of rotatable bonds is 4. The number of alkyl halides is 3. The summed E-state index contributed by atoms with van der Waals surface area (Å²) in [7, 11) is 0. The average Bonchev–Trinajstić information content (AvgIpc) is 2.39. The van der Waals surface area contributed by atoms with Crippen LogP contribution in [0.25, 0.3) is 0 Å². The average molecular weight is 271 g/mol. The van der Waals surface area contributed by atoms with Gasteiger partial charge in [0.25, 0.3) is 0 Å². The molecule has 5 heteroatoms. The molecule has 0 aliphatic carbocycles. The van der Waals surface area contributed by atoms with Gasteiger partial charge in [-0.25, -0.2) is 0 Å². The van der Waals surface area contributed by atoms with Gasteiger partial charge in [-0.3, -0.25) is 0 Å². The van der Waals surface area contributed by atoms with Crippen LogP contribution in [-0.2, 0) is 17.5 Å². The molecule has 0 amide bonds. The first-order valence-electron chi connectivity index (χ1n) is 6.23. The van der Waals surface area contributed by atoms with E-state index >= 15 is 0 Å². The van der Waals surface area contributed by atoms with Gasteiger partial charge in [0.1, 0.15) is 6.10 Å². The quantitative estimate of drug-likeness (QED) is 0.905. The fourth-order valence-electron chi connectivity index (χ4n) is 1.97. The summed E-state index contributed by atoms with van der Waals surface area (Å²) < 4.78 is 43.0. The lowest BCUT2D eigenvalue weighted by Crippen LogP contribution is -2.28. The first-order valence-corrected chi connectivity index (χ1v) is 6.23. The van der Waals surface area contributed by atoms with Crippen molar-refractivity contribution >= 4 is 0 Å². The third kappa shape index (κ3) is 4.28. The van der Waals surface area contributed by atoms with Crippen molar-refractivity contribution in [1.82, 2.24) is 5.32 Å². The zero-order valence-corrected chi connectivity index (χ0v) is 10.4. The van der Waals surface area contributed by atoms with E-state index in [1.165, 1.54) is 12.1 Å². The highest BCUT2D eigenvalue weighted by Gasteiger charge is 2.30. The van der Waals surface area contributed by atoms with Crippen LogP contribution in [0.5, 0.6) is 0 Å². The molecule has 104 valence electrons. The molecule has 0 fully saturated rings. The molecule has 1 aliphatic heterocycles. The second kappa shape index (κ2) is 6.10. The molecule has 0 spiro atoms. The van der Waals surface area contributed by atoms with E-state index in [-0.39, 0.29) is 6.10 Å². The smallest absolute Gasteiger partial charge is 0.416 e. The van der Waals surface area contributed by atoms with Crippen molar-refractivity contribution in [2.75, 3.05) is 6.54 Å². The maximum absolute atomic E-state index is 12.5. The van der Waals surface area contributed by atoms with Crippen molar-refractivity contribution in [3.8, 4) is 0 Å². The van der Waals surface area contributed by atoms with Crippen LogP contribution in [0.4, 0.5) is 13.2 Å². The summed E-state index contributed by atoms with van der Waals surface area (Å²) in [6.45, 7) is 1.05. The van der Waals surface area contributed by atoms with Gasteiger partial charge in [0.15, 0.2) is 0 Å². The Hall–Kier alpha value is -1.49. The molecule has 1 unspecified atom stereocenters. The zero-order chi connectivity index (χ0) is 13.7. The van der Waals surface area contributed by atoms with Gasteiger partial charge in [0, 0.05) is 13.1 Å². The van der Waals surface area contributed by atoms with E-state index in [9.17, 15) is 13.2 Å². The van der Waals surface area contributed by atoms with E-state index in [0.29, 0.717) is 18.7 Å². The molecule has 19 heavy (non-hydrogen) atoms. The predicted molar refractivity (Wildman–Crippen MR) is 66.4 cm³/mol. The highest BCUT2D eigenvalue weighted by molar-refractivity contribution is 5.25. The van der Waals surface area contributed by atoms with E-state index in [4.69, 9.17) is 4.74 Å². The van der Waals surface area contributed by atoms with E-state index < -0.39 is 11.7 Å². The first-order chi connectivity index (χ1) is 9.05. The fourth-order valence-corrected chi connectivity index (χ4v) is 1.97. The lowest BCUT2D eigenvalue weighted by atomic mass is 10.1. The molecule has 0 radical (unpaired) electrons. The maximum atomic E-state index is 12.5. The van der Waals surface area contributed by atoms with Crippen molar-refractivity contribution in [3.05, 3.63) is 47.7 Å². The van der Waals surface area contributed by atoms with Crippen LogP contribution in [0, 0.1) is 0 Å². The minimum Gasteiger partial charge on any atom is -0.497 e. The summed E-state index contributed by atoms with van der Waals surface area (Å²) in [4.78, 5) is 0. The van der Waals surface area contributed by atoms with Crippen LogP contribution in [0.3, 0.4) is 0 Å². The maximum Gasteiger partial charge on any atom is 0.416 e. The Morgan fingerprint density at radius 1 is 1.32 bits per heavy atom. The predicted octanol–water partition coefficient (Wildman–Crippen LogP) is 3.49. The Labute approximate surface area is 110 Å². The van der Waals surface area contributed by atoms with Crippen LogP contribution < -0.4 is 5.32 Å². The highest BCUT2D eigenvalue weighted by Crippen LogP contribution is 2.29. The van der Waals surface area contributed by atoms with Gasteiger partial charge in [0.05, 0.1) is 11.8 Å². The molecular weight excluding hydrogens is 255 g/mol. The Bertz CT molecular complexity index is 443. The van der Waals surface area contributed by atoms with E-state index in [1.54, 1.807) is 12.3 Å². The molecule has 0 saturated heterocycles. The van der Waals surface area contributed by atoms with Crippen LogP contribution in [-0.4, -0.2) is 12.6 Å². The Morgan fingerprint density at radius 3 is 2.84 bits per heavy atom. The topological polar surface area (TPSA) is 21.3 Å². The second-order valence-electron chi connectivity index (χ2n) is 4.54. The Morgan fingerprint density at radius 2 is 2.16 bits per heavy atom. The molecule has 0 saturated carbocycles. The number of nitrogens with one attached hydrogen (secondary N) is 1. The zero-order valence-electron chi connectivity index (χ0n) is 10.4. The number of hydrogen-bond donors (Lipinski definition) is 1. The van der Waals surface area contributed by atoms with Crippen molar-refractivity contribution in [2.24, 2.45) is 0 Å². The van der Waals surface area contributed by atoms with Gasteiger partial charge in [-0.05, 0) is 30.5 Å². The Balaban J connectivity index is 1.84. The van der Waals surface area contributed by atoms with Crippen molar-refractivity contribution in [1.29, 1.82) is 0 Å². The van der Waals surface area contributed by atoms with E-state index in [0.717, 1.165) is 18.9 Å². The molecule has 1 aromatic carbocycles. The van der Waals surface area contributed by atoms with Gasteiger partial charge in [-0.2, -0.15) is 13.2 Å². The SMILES string of the molecule is FC(F)(F)c1cccc(CNCC2CCC=CO2)c1. The number of ether oxygens (including phenoxy) is 1. The second-order valence-corrected chi connectivity index (χ2v) is 4.54. The molecule has 1 heterocycles. The Kier molecular flexibility index (Phi) is 4.47. The summed E-state index contributed by atoms with van der Waals surface area (Å²) in [5, 5.41) is 3.12. The van der Waals surface area contributed by atoms with Gasteiger partial charge >= 0.3 is 6.18 Å². The summed E-state index contributed by atoms with van der Waals surface area (Å²) >= 11 is 0. The first kappa shape index (κ1) is 13.9. The fraction of sp³-hybridized carbons (Fsp3) is 0.429. The highest BCUT2D eigenvalue weighted by atomic mass is 19.4. The van der Waals surface area contributed by atoms with E-state index in [2.05, 4.69) is 5.32 Å². The van der Waals surface area contributed by atoms with Crippen LogP contribution >= 0.6 is 0 Å². The molecule has 1 atom stereocenters. The lowest BCUT2D eigenvalue weighted by molar-refractivity contribution is -0.137. The summed E-state index contributed by atoms with van der Waals surface area (Å²) in [5.41, 5.74) is 0.0184. The monoisotopic (exact) mass is 271 g/mol. The van der Waals surface area contributed by atoms with Crippen LogP contribution in [0.1, 0.15) is 24.0 Å².